The number of alkyl halides is 1. The van der Waals surface area contributed by atoms with Crippen LogP contribution in [0.25, 0.3) is 22.5 Å². The molecule has 0 saturated carbocycles. The SMILES string of the molecule is COCOc1cc(-n2ccnc2)ccc1-c1cc2c(nn1)C([C@@H]1CC3CCCC([C@@H]1F)N3B(C)O)=CCO2. The van der Waals surface area contributed by atoms with Gasteiger partial charge in [0.05, 0.1) is 12.0 Å². The molecule has 3 aliphatic heterocycles. The lowest BCUT2D eigenvalue weighted by Crippen LogP contribution is -2.62. The molecule has 2 aromatic heterocycles. The van der Waals surface area contributed by atoms with Gasteiger partial charge in [-0.1, -0.05) is 6.42 Å². The molecule has 0 amide bonds. The van der Waals surface area contributed by atoms with Gasteiger partial charge in [0.1, 0.15) is 35.7 Å². The third kappa shape index (κ3) is 4.48. The number of halogens is 1. The van der Waals surface area contributed by atoms with Crippen LogP contribution in [0.2, 0.25) is 6.82 Å². The van der Waals surface area contributed by atoms with Gasteiger partial charge in [0.25, 0.3) is 0 Å². The van der Waals surface area contributed by atoms with E-state index in [4.69, 9.17) is 14.2 Å². The monoisotopic (exact) mass is 519 g/mol. The minimum absolute atomic E-state index is 0.0769. The number of ether oxygens (including phenoxy) is 3. The molecule has 5 heterocycles. The molecule has 1 aromatic carbocycles. The molecule has 198 valence electrons. The van der Waals surface area contributed by atoms with Gasteiger partial charge in [-0.3, -0.25) is 0 Å². The Kier molecular flexibility index (Phi) is 6.90. The number of fused-ring (bicyclic) bond motifs is 3. The maximum atomic E-state index is 16.0. The highest BCUT2D eigenvalue weighted by molar-refractivity contribution is 6.45. The van der Waals surface area contributed by atoms with Crippen molar-refractivity contribution in [2.45, 2.75) is 50.8 Å². The van der Waals surface area contributed by atoms with Crippen LogP contribution in [0.5, 0.6) is 11.5 Å². The first-order valence-electron chi connectivity index (χ1n) is 13.1. The summed E-state index contributed by atoms with van der Waals surface area (Å²) in [6.45, 7) is 2.16. The zero-order chi connectivity index (χ0) is 26.2. The number of imidazole rings is 1. The average Bonchev–Trinajstić information content (AvgIpc) is 3.48. The topological polar surface area (TPSA) is 94.8 Å². The number of allylic oxidation sites excluding steroid dienone is 1. The Balaban J connectivity index is 1.32. The second-order valence-electron chi connectivity index (χ2n) is 10.1. The summed E-state index contributed by atoms with van der Waals surface area (Å²) >= 11 is 0. The average molecular weight is 519 g/mol. The zero-order valence-corrected chi connectivity index (χ0v) is 21.5. The van der Waals surface area contributed by atoms with E-state index in [-0.39, 0.29) is 24.8 Å². The van der Waals surface area contributed by atoms with Crippen molar-refractivity contribution in [2.75, 3.05) is 20.5 Å². The molecule has 38 heavy (non-hydrogen) atoms. The number of aromatic nitrogens is 4. The van der Waals surface area contributed by atoms with Crippen LogP contribution in [-0.2, 0) is 4.74 Å². The summed E-state index contributed by atoms with van der Waals surface area (Å²) in [7, 11) is 0.912. The van der Waals surface area contributed by atoms with Crippen molar-refractivity contribution in [3.63, 3.8) is 0 Å². The lowest BCUT2D eigenvalue weighted by atomic mass is 9.66. The number of hydrogen-bond donors (Lipinski definition) is 1. The quantitative estimate of drug-likeness (QED) is 0.373. The fourth-order valence-corrected chi connectivity index (χ4v) is 6.26. The summed E-state index contributed by atoms with van der Waals surface area (Å²) in [5, 5.41) is 19.4. The van der Waals surface area contributed by atoms with Crippen molar-refractivity contribution >= 4 is 12.6 Å². The van der Waals surface area contributed by atoms with Crippen molar-refractivity contribution in [1.82, 2.24) is 24.6 Å². The van der Waals surface area contributed by atoms with E-state index in [2.05, 4.69) is 15.2 Å². The molecule has 1 N–H and O–H groups in total. The zero-order valence-electron chi connectivity index (χ0n) is 21.5. The molecular formula is C27H31BFN5O4. The fraction of sp³-hybridized carbons (Fsp3) is 0.444. The molecule has 2 fully saturated rings. The Hall–Kier alpha value is -3.28. The van der Waals surface area contributed by atoms with Crippen LogP contribution >= 0.6 is 0 Å². The van der Waals surface area contributed by atoms with Crippen molar-refractivity contribution in [3.8, 4) is 28.4 Å². The van der Waals surface area contributed by atoms with E-state index in [1.54, 1.807) is 26.5 Å². The molecule has 4 atom stereocenters. The number of piperidine rings is 2. The van der Waals surface area contributed by atoms with Crippen molar-refractivity contribution in [3.05, 3.63) is 54.8 Å². The van der Waals surface area contributed by atoms with Gasteiger partial charge >= 0.3 is 7.05 Å². The van der Waals surface area contributed by atoms with E-state index in [0.717, 1.165) is 36.1 Å². The Morgan fingerprint density at radius 3 is 2.92 bits per heavy atom. The first kappa shape index (κ1) is 25.0. The maximum Gasteiger partial charge on any atom is 0.376 e. The lowest BCUT2D eigenvalue weighted by Gasteiger charge is -2.52. The minimum atomic E-state index is -1.09. The summed E-state index contributed by atoms with van der Waals surface area (Å²) in [5.41, 5.74) is 3.65. The molecular weight excluding hydrogens is 488 g/mol. The van der Waals surface area contributed by atoms with Crippen LogP contribution in [0.1, 0.15) is 31.4 Å². The Morgan fingerprint density at radius 1 is 1.24 bits per heavy atom. The molecule has 9 nitrogen and oxygen atoms in total. The van der Waals surface area contributed by atoms with Crippen molar-refractivity contribution < 1.29 is 23.6 Å². The first-order valence-corrected chi connectivity index (χ1v) is 13.1. The van der Waals surface area contributed by atoms with Gasteiger partial charge in [0, 0.05) is 55.2 Å². The van der Waals surface area contributed by atoms with E-state index in [0.29, 0.717) is 35.9 Å². The number of hydrogen-bond acceptors (Lipinski definition) is 8. The van der Waals surface area contributed by atoms with Gasteiger partial charge in [-0.2, -0.15) is 0 Å². The number of nitrogens with zero attached hydrogens (tertiary/aromatic N) is 5. The van der Waals surface area contributed by atoms with Crippen LogP contribution in [0.4, 0.5) is 4.39 Å². The van der Waals surface area contributed by atoms with Gasteiger partial charge in [-0.25, -0.2) is 9.37 Å². The highest BCUT2D eigenvalue weighted by atomic mass is 19.1. The summed E-state index contributed by atoms with van der Waals surface area (Å²) in [6, 6.07) is 7.47. The van der Waals surface area contributed by atoms with Gasteiger partial charge in [0.15, 0.2) is 6.79 Å². The van der Waals surface area contributed by atoms with Crippen LogP contribution in [0, 0.1) is 5.92 Å². The second kappa shape index (κ2) is 10.5. The predicted octanol–water partition coefficient (Wildman–Crippen LogP) is 3.78. The lowest BCUT2D eigenvalue weighted by molar-refractivity contribution is 0.0125. The number of benzene rings is 1. The third-order valence-corrected chi connectivity index (χ3v) is 7.90. The van der Waals surface area contributed by atoms with Crippen molar-refractivity contribution in [1.29, 1.82) is 0 Å². The highest BCUT2D eigenvalue weighted by Crippen LogP contribution is 2.46. The standard InChI is InChI=1S/C27H31BFN5O4/c1-28(35)34-18-4-3-5-23(34)26(29)21(12-18)19-8-11-37-25-14-22(31-32-27(19)25)20-7-6-17(33-10-9-30-15-33)13-24(20)38-16-36-2/h6-10,13-15,18,21,23,26,35H,3-5,11-12,16H2,1-2H3/t18?,21-,23?,26+/m0/s1. The van der Waals surface area contributed by atoms with Crippen LogP contribution in [-0.4, -0.2) is 75.4 Å². The molecule has 0 aliphatic carbocycles. The Labute approximate surface area is 221 Å². The molecule has 11 heteroatoms. The van der Waals surface area contributed by atoms with E-state index in [9.17, 15) is 5.02 Å². The van der Waals surface area contributed by atoms with E-state index in [1.807, 2.05) is 45.9 Å². The molecule has 0 spiro atoms. The normalized spacial score (nSPS) is 24.8. The van der Waals surface area contributed by atoms with E-state index >= 15 is 4.39 Å². The van der Waals surface area contributed by atoms with Gasteiger partial charge in [-0.15, -0.1) is 10.2 Å². The van der Waals surface area contributed by atoms with Gasteiger partial charge in [-0.05, 0) is 49.9 Å². The van der Waals surface area contributed by atoms with E-state index < -0.39 is 13.2 Å². The molecule has 2 unspecified atom stereocenters. The van der Waals surface area contributed by atoms with Crippen LogP contribution < -0.4 is 9.47 Å². The van der Waals surface area contributed by atoms with Crippen LogP contribution in [0.15, 0.2) is 49.1 Å². The van der Waals surface area contributed by atoms with Crippen LogP contribution in [0.3, 0.4) is 0 Å². The van der Waals surface area contributed by atoms with Gasteiger partial charge < -0.3 is 28.6 Å². The predicted molar refractivity (Wildman–Crippen MR) is 141 cm³/mol. The third-order valence-electron chi connectivity index (χ3n) is 7.90. The smallest absolute Gasteiger partial charge is 0.376 e. The van der Waals surface area contributed by atoms with Crippen molar-refractivity contribution in [2.24, 2.45) is 5.92 Å². The Morgan fingerprint density at radius 2 is 2.13 bits per heavy atom. The molecule has 2 saturated heterocycles. The molecule has 3 aliphatic rings. The number of rotatable bonds is 7. The first-order chi connectivity index (χ1) is 18.5. The molecule has 6 rings (SSSR count). The highest BCUT2D eigenvalue weighted by Gasteiger charge is 2.49. The summed E-state index contributed by atoms with van der Waals surface area (Å²) in [6.07, 6.45) is 9.47. The maximum absolute atomic E-state index is 16.0. The summed E-state index contributed by atoms with van der Waals surface area (Å²) in [5.74, 6) is 0.860. The second-order valence-corrected chi connectivity index (χ2v) is 10.1. The van der Waals surface area contributed by atoms with E-state index in [1.165, 1.54) is 0 Å². The largest absolute Gasteiger partial charge is 0.487 e. The summed E-state index contributed by atoms with van der Waals surface area (Å²) in [4.78, 5) is 6.08. The summed E-state index contributed by atoms with van der Waals surface area (Å²) < 4.78 is 34.8. The molecule has 2 bridgehead atoms. The van der Waals surface area contributed by atoms with Gasteiger partial charge in [0.2, 0.25) is 0 Å². The minimum Gasteiger partial charge on any atom is -0.487 e. The molecule has 0 radical (unpaired) electrons. The number of methoxy groups -OCH3 is 1. The fourth-order valence-electron chi connectivity index (χ4n) is 6.26. The Bertz CT molecular complexity index is 1320. The molecule has 3 aromatic rings.